The first kappa shape index (κ1) is 28.9. The van der Waals surface area contributed by atoms with Crippen LogP contribution in [0.2, 0.25) is 0 Å². The second-order valence-electron chi connectivity index (χ2n) is 8.90. The Morgan fingerprint density at radius 1 is 0.552 bits per heavy atom. The molecule has 176 valence electrons. The summed E-state index contributed by atoms with van der Waals surface area (Å²) in [6, 6.07) is 0. The van der Waals surface area contributed by atoms with Crippen LogP contribution in [0.25, 0.3) is 0 Å². The van der Waals surface area contributed by atoms with Gasteiger partial charge in [-0.15, -0.1) is 0 Å². The van der Waals surface area contributed by atoms with Gasteiger partial charge in [-0.3, -0.25) is 4.55 Å². The Kier molecular flexibility index (Phi) is 19.7. The number of rotatable bonds is 22. The van der Waals surface area contributed by atoms with E-state index < -0.39 is 15.4 Å². The van der Waals surface area contributed by atoms with E-state index in [2.05, 4.69) is 13.8 Å². The number of aliphatic hydroxyl groups excluding tert-OH is 1. The molecule has 2 N–H and O–H groups in total. The van der Waals surface area contributed by atoms with Gasteiger partial charge in [-0.2, -0.15) is 8.42 Å². The van der Waals surface area contributed by atoms with Crippen LogP contribution in [0.4, 0.5) is 0 Å². The normalized spacial score (nSPS) is 14.2. The predicted octanol–water partition coefficient (Wildman–Crippen LogP) is 7.45. The number of unbranched alkanes of at least 4 members (excludes halogenated alkanes) is 13. The van der Waals surface area contributed by atoms with E-state index in [0.29, 0.717) is 12.8 Å². The Hall–Kier alpha value is -0.130. The molecule has 4 nitrogen and oxygen atoms in total. The molecule has 0 spiro atoms. The van der Waals surface area contributed by atoms with E-state index in [1.807, 2.05) is 0 Å². The summed E-state index contributed by atoms with van der Waals surface area (Å²) < 4.78 is 32.8. The monoisotopic (exact) mass is 434 g/mol. The van der Waals surface area contributed by atoms with Crippen molar-refractivity contribution < 1.29 is 18.1 Å². The quantitative estimate of drug-likeness (QED) is 0.137. The zero-order valence-corrected chi connectivity index (χ0v) is 20.2. The highest BCUT2D eigenvalue weighted by molar-refractivity contribution is 7.86. The summed E-state index contributed by atoms with van der Waals surface area (Å²) in [5.74, 6) is 0. The molecule has 0 aliphatic carbocycles. The summed E-state index contributed by atoms with van der Waals surface area (Å²) in [5.41, 5.74) is 0. The molecule has 0 fully saturated rings. The predicted molar refractivity (Wildman–Crippen MR) is 125 cm³/mol. The molecular weight excluding hydrogens is 384 g/mol. The fourth-order valence-corrected chi connectivity index (χ4v) is 4.93. The molecule has 0 aromatic carbocycles. The molecule has 2 unspecified atom stereocenters. The Morgan fingerprint density at radius 3 is 1.28 bits per heavy atom. The van der Waals surface area contributed by atoms with Crippen molar-refractivity contribution in [3.05, 3.63) is 0 Å². The Balaban J connectivity index is 3.73. The van der Waals surface area contributed by atoms with Crippen LogP contribution in [0, 0.1) is 0 Å². The minimum absolute atomic E-state index is 0.155. The van der Waals surface area contributed by atoms with Gasteiger partial charge in [0.1, 0.15) is 0 Å². The van der Waals surface area contributed by atoms with E-state index in [0.717, 1.165) is 64.2 Å². The lowest BCUT2D eigenvalue weighted by Gasteiger charge is -2.14. The van der Waals surface area contributed by atoms with Crippen molar-refractivity contribution >= 4 is 10.1 Å². The summed E-state index contributed by atoms with van der Waals surface area (Å²) in [5, 5.41) is 9.34. The summed E-state index contributed by atoms with van der Waals surface area (Å²) in [4.78, 5) is 0. The lowest BCUT2D eigenvalue weighted by molar-refractivity contribution is 0.147. The summed E-state index contributed by atoms with van der Waals surface area (Å²) in [7, 11) is -3.92. The van der Waals surface area contributed by atoms with E-state index in [1.54, 1.807) is 0 Å². The van der Waals surface area contributed by atoms with Crippen molar-refractivity contribution in [2.24, 2.45) is 0 Å². The highest BCUT2D eigenvalue weighted by Crippen LogP contribution is 2.20. The third-order valence-corrected chi connectivity index (χ3v) is 7.32. The van der Waals surface area contributed by atoms with Gasteiger partial charge in [0.2, 0.25) is 0 Å². The van der Waals surface area contributed by atoms with Gasteiger partial charge in [0.15, 0.2) is 0 Å². The second kappa shape index (κ2) is 19.8. The molecule has 0 aliphatic heterocycles. The lowest BCUT2D eigenvalue weighted by atomic mass is 10.0. The number of aliphatic hydroxyl groups is 1. The van der Waals surface area contributed by atoms with Gasteiger partial charge in [0.25, 0.3) is 10.1 Å². The fourth-order valence-electron chi connectivity index (χ4n) is 4.00. The van der Waals surface area contributed by atoms with Crippen molar-refractivity contribution in [3.8, 4) is 0 Å². The first-order valence-electron chi connectivity index (χ1n) is 12.6. The fraction of sp³-hybridized carbons (Fsp3) is 1.00. The van der Waals surface area contributed by atoms with E-state index in [4.69, 9.17) is 0 Å². The molecule has 0 heterocycles. The topological polar surface area (TPSA) is 74.6 Å². The Morgan fingerprint density at radius 2 is 0.862 bits per heavy atom. The van der Waals surface area contributed by atoms with Gasteiger partial charge in [-0.05, 0) is 25.7 Å². The third-order valence-electron chi connectivity index (χ3n) is 6.01. The number of hydrogen-bond acceptors (Lipinski definition) is 3. The molecule has 0 rings (SSSR count). The van der Waals surface area contributed by atoms with Gasteiger partial charge in [-0.1, -0.05) is 117 Å². The highest BCUT2D eigenvalue weighted by Gasteiger charge is 2.21. The molecule has 0 radical (unpaired) electrons. The molecule has 0 bridgehead atoms. The average Bonchev–Trinajstić information content (AvgIpc) is 2.66. The van der Waals surface area contributed by atoms with Crippen LogP contribution in [0.5, 0.6) is 0 Å². The second-order valence-corrected chi connectivity index (χ2v) is 10.6. The molecular formula is C24H50O4S. The van der Waals surface area contributed by atoms with Gasteiger partial charge in [0, 0.05) is 0 Å². The van der Waals surface area contributed by atoms with Crippen molar-refractivity contribution in [3.63, 3.8) is 0 Å². The Bertz CT molecular complexity index is 436. The lowest BCUT2D eigenvalue weighted by Crippen LogP contribution is -2.20. The van der Waals surface area contributed by atoms with Crippen molar-refractivity contribution in [1.29, 1.82) is 0 Å². The summed E-state index contributed by atoms with van der Waals surface area (Å²) in [6.45, 7) is 4.39. The minimum Gasteiger partial charge on any atom is -0.393 e. The molecule has 0 saturated carbocycles. The molecule has 0 saturated heterocycles. The van der Waals surface area contributed by atoms with Gasteiger partial charge in [0.05, 0.1) is 11.4 Å². The summed E-state index contributed by atoms with van der Waals surface area (Å²) >= 11 is 0. The molecule has 29 heavy (non-hydrogen) atoms. The zero-order valence-electron chi connectivity index (χ0n) is 19.4. The molecule has 0 amide bonds. The zero-order chi connectivity index (χ0) is 21.8. The van der Waals surface area contributed by atoms with Crippen LogP contribution in [-0.4, -0.2) is 29.4 Å². The maximum atomic E-state index is 11.6. The van der Waals surface area contributed by atoms with E-state index in [9.17, 15) is 18.1 Å². The average molecular weight is 435 g/mol. The summed E-state index contributed by atoms with van der Waals surface area (Å²) in [6.07, 6.45) is 21.0. The van der Waals surface area contributed by atoms with Crippen molar-refractivity contribution in [2.45, 2.75) is 154 Å². The first-order chi connectivity index (χ1) is 13.9. The van der Waals surface area contributed by atoms with Crippen LogP contribution in [0.1, 0.15) is 142 Å². The van der Waals surface area contributed by atoms with Crippen molar-refractivity contribution in [2.75, 3.05) is 0 Å². The molecule has 0 aliphatic rings. The van der Waals surface area contributed by atoms with Gasteiger partial charge >= 0.3 is 0 Å². The maximum absolute atomic E-state index is 11.6. The maximum Gasteiger partial charge on any atom is 0.267 e. The smallest absolute Gasteiger partial charge is 0.267 e. The van der Waals surface area contributed by atoms with E-state index >= 15 is 0 Å². The van der Waals surface area contributed by atoms with Crippen LogP contribution in [-0.2, 0) is 10.1 Å². The van der Waals surface area contributed by atoms with Crippen LogP contribution in [0.3, 0.4) is 0 Å². The highest BCUT2D eigenvalue weighted by atomic mass is 32.2. The number of hydrogen-bond donors (Lipinski definition) is 2. The Labute approximate surface area is 182 Å². The van der Waals surface area contributed by atoms with Crippen LogP contribution >= 0.6 is 0 Å². The minimum atomic E-state index is -3.92. The molecule has 0 aromatic heterocycles. The molecule has 5 heteroatoms. The standard InChI is InChI=1S/C24H50O4S/c1-3-5-7-8-9-10-13-17-21-24(29(26,27)28)22-18-14-11-12-16-20-23(25)19-15-6-4-2/h23-25H,3-22H2,1-2H3,(H,26,27,28). The SMILES string of the molecule is CCCCCCCCCCC(CCCCCCCC(O)CCCCC)S(=O)(=O)O. The first-order valence-corrected chi connectivity index (χ1v) is 14.1. The largest absolute Gasteiger partial charge is 0.393 e. The van der Waals surface area contributed by atoms with E-state index in [1.165, 1.54) is 51.4 Å². The van der Waals surface area contributed by atoms with Crippen LogP contribution < -0.4 is 0 Å². The third kappa shape index (κ3) is 19.6. The molecule has 0 aromatic rings. The van der Waals surface area contributed by atoms with E-state index in [-0.39, 0.29) is 6.10 Å². The van der Waals surface area contributed by atoms with Gasteiger partial charge in [-0.25, -0.2) is 0 Å². The van der Waals surface area contributed by atoms with Gasteiger partial charge < -0.3 is 5.11 Å². The van der Waals surface area contributed by atoms with Crippen molar-refractivity contribution in [1.82, 2.24) is 0 Å². The molecule has 2 atom stereocenters. The van der Waals surface area contributed by atoms with Crippen LogP contribution in [0.15, 0.2) is 0 Å².